The van der Waals surface area contributed by atoms with Crippen molar-refractivity contribution in [1.82, 2.24) is 4.90 Å². The minimum atomic E-state index is -0.245. The molecule has 5 heteroatoms. The average Bonchev–Trinajstić information content (AvgIpc) is 2.48. The summed E-state index contributed by atoms with van der Waals surface area (Å²) in [6.45, 7) is 0.381. The van der Waals surface area contributed by atoms with Crippen molar-refractivity contribution in [3.8, 4) is 0 Å². The van der Waals surface area contributed by atoms with Crippen molar-refractivity contribution in [3.63, 3.8) is 0 Å². The third-order valence-electron chi connectivity index (χ3n) is 3.03. The van der Waals surface area contributed by atoms with Crippen LogP contribution in [-0.4, -0.2) is 24.9 Å². The highest BCUT2D eigenvalue weighted by atomic mass is 79.9. The number of anilines is 1. The summed E-state index contributed by atoms with van der Waals surface area (Å²) < 4.78 is 14.5. The molecule has 1 amide bonds. The molecule has 0 heterocycles. The second-order valence-electron chi connectivity index (χ2n) is 4.87. The summed E-state index contributed by atoms with van der Waals surface area (Å²) in [6, 6.07) is 12.0. The molecular weight excluding hydrogens is 335 g/mol. The summed E-state index contributed by atoms with van der Waals surface area (Å²) in [5.41, 5.74) is 2.04. The molecule has 0 radical (unpaired) electrons. The number of nitrogens with one attached hydrogen (secondary N) is 1. The van der Waals surface area contributed by atoms with Crippen LogP contribution < -0.4 is 5.32 Å². The van der Waals surface area contributed by atoms with E-state index in [0.717, 1.165) is 10.2 Å². The van der Waals surface area contributed by atoms with E-state index in [0.29, 0.717) is 17.7 Å². The predicted octanol–water partition coefficient (Wildman–Crippen LogP) is 3.90. The first-order valence-electron chi connectivity index (χ1n) is 6.47. The Balaban J connectivity index is 2.04. The highest BCUT2D eigenvalue weighted by Crippen LogP contribution is 2.17. The Morgan fingerprint density at radius 1 is 1.19 bits per heavy atom. The van der Waals surface area contributed by atoms with Gasteiger partial charge in [-0.15, -0.1) is 0 Å². The zero-order valence-electron chi connectivity index (χ0n) is 11.9. The van der Waals surface area contributed by atoms with E-state index in [9.17, 15) is 9.18 Å². The summed E-state index contributed by atoms with van der Waals surface area (Å²) in [5, 5.41) is 3.14. The zero-order chi connectivity index (χ0) is 15.4. The van der Waals surface area contributed by atoms with Crippen molar-refractivity contribution in [2.45, 2.75) is 6.54 Å². The quantitative estimate of drug-likeness (QED) is 0.906. The smallest absolute Gasteiger partial charge is 0.253 e. The van der Waals surface area contributed by atoms with Crippen LogP contribution in [0.3, 0.4) is 0 Å². The van der Waals surface area contributed by atoms with E-state index < -0.39 is 0 Å². The lowest BCUT2D eigenvalue weighted by molar-refractivity contribution is 0.0827. The largest absolute Gasteiger partial charge is 0.381 e. The van der Waals surface area contributed by atoms with Crippen LogP contribution in [0.25, 0.3) is 0 Å². The normalized spacial score (nSPS) is 10.3. The van der Waals surface area contributed by atoms with Gasteiger partial charge in [-0.1, -0.05) is 15.9 Å². The fourth-order valence-corrected chi connectivity index (χ4v) is 2.27. The summed E-state index contributed by atoms with van der Waals surface area (Å²) in [4.78, 5) is 13.3. The second-order valence-corrected chi connectivity index (χ2v) is 5.78. The van der Waals surface area contributed by atoms with Gasteiger partial charge in [0.15, 0.2) is 0 Å². The van der Waals surface area contributed by atoms with Crippen LogP contribution in [0.1, 0.15) is 15.9 Å². The Hall–Kier alpha value is -1.88. The number of hydrogen-bond donors (Lipinski definition) is 1. The molecule has 2 aromatic carbocycles. The predicted molar refractivity (Wildman–Crippen MR) is 85.9 cm³/mol. The Labute approximate surface area is 131 Å². The molecule has 3 nitrogen and oxygen atoms in total. The molecule has 0 unspecified atom stereocenters. The third-order valence-corrected chi connectivity index (χ3v) is 3.52. The molecular formula is C16H16BrFN2O. The van der Waals surface area contributed by atoms with Gasteiger partial charge in [-0.05, 0) is 42.5 Å². The molecule has 1 N–H and O–H groups in total. The van der Waals surface area contributed by atoms with Gasteiger partial charge in [0.2, 0.25) is 0 Å². The Kier molecular flexibility index (Phi) is 4.96. The van der Waals surface area contributed by atoms with Gasteiger partial charge in [0, 0.05) is 41.9 Å². The molecule has 0 aromatic heterocycles. The van der Waals surface area contributed by atoms with Gasteiger partial charge in [0.25, 0.3) is 5.91 Å². The Bertz CT molecular complexity index is 641. The van der Waals surface area contributed by atoms with Crippen LogP contribution in [0.5, 0.6) is 0 Å². The average molecular weight is 351 g/mol. The second kappa shape index (κ2) is 6.72. The van der Waals surface area contributed by atoms with Crippen LogP contribution in [0.2, 0.25) is 0 Å². The number of hydrogen-bond acceptors (Lipinski definition) is 2. The molecule has 0 saturated heterocycles. The molecule has 0 aliphatic carbocycles. The first-order valence-corrected chi connectivity index (χ1v) is 7.26. The number of nitrogens with zero attached hydrogens (tertiary/aromatic N) is 1. The lowest BCUT2D eigenvalue weighted by atomic mass is 10.1. The monoisotopic (exact) mass is 350 g/mol. The number of rotatable bonds is 4. The first kappa shape index (κ1) is 15.5. The molecule has 0 aliphatic rings. The van der Waals surface area contributed by atoms with E-state index in [1.165, 1.54) is 11.0 Å². The van der Waals surface area contributed by atoms with Gasteiger partial charge in [-0.25, -0.2) is 4.39 Å². The topological polar surface area (TPSA) is 32.3 Å². The number of amides is 1. The standard InChI is InChI=1S/C16H16BrFN2O/c1-20(2)16(21)11-3-6-14(7-4-11)19-10-12-9-13(17)5-8-15(12)18/h3-9,19H,10H2,1-2H3. The molecule has 0 fully saturated rings. The molecule has 0 spiro atoms. The van der Waals surface area contributed by atoms with Crippen molar-refractivity contribution in [1.29, 1.82) is 0 Å². The number of carbonyl (C=O) groups excluding carboxylic acids is 1. The van der Waals surface area contributed by atoms with Crippen LogP contribution in [0.4, 0.5) is 10.1 Å². The SMILES string of the molecule is CN(C)C(=O)c1ccc(NCc2cc(Br)ccc2F)cc1. The zero-order valence-corrected chi connectivity index (χ0v) is 13.4. The van der Waals surface area contributed by atoms with Gasteiger partial charge >= 0.3 is 0 Å². The maximum Gasteiger partial charge on any atom is 0.253 e. The van der Waals surface area contributed by atoms with Gasteiger partial charge in [0.1, 0.15) is 5.82 Å². The van der Waals surface area contributed by atoms with E-state index in [1.807, 2.05) is 12.1 Å². The Morgan fingerprint density at radius 3 is 2.48 bits per heavy atom. The molecule has 0 saturated carbocycles. The van der Waals surface area contributed by atoms with E-state index >= 15 is 0 Å². The molecule has 0 bridgehead atoms. The summed E-state index contributed by atoms with van der Waals surface area (Å²) in [7, 11) is 3.43. The van der Waals surface area contributed by atoms with Crippen LogP contribution >= 0.6 is 15.9 Å². The van der Waals surface area contributed by atoms with Gasteiger partial charge in [-0.2, -0.15) is 0 Å². The van der Waals surface area contributed by atoms with E-state index in [2.05, 4.69) is 21.2 Å². The summed E-state index contributed by atoms with van der Waals surface area (Å²) >= 11 is 3.32. The Morgan fingerprint density at radius 2 is 1.86 bits per heavy atom. The molecule has 21 heavy (non-hydrogen) atoms. The van der Waals surface area contributed by atoms with Crippen molar-refractivity contribution >= 4 is 27.5 Å². The first-order chi connectivity index (χ1) is 9.97. The fourth-order valence-electron chi connectivity index (χ4n) is 1.86. The molecule has 0 atom stereocenters. The van der Waals surface area contributed by atoms with Gasteiger partial charge < -0.3 is 10.2 Å². The van der Waals surface area contributed by atoms with Crippen LogP contribution in [0.15, 0.2) is 46.9 Å². The lowest BCUT2D eigenvalue weighted by Crippen LogP contribution is -2.21. The van der Waals surface area contributed by atoms with Crippen molar-refractivity contribution in [2.75, 3.05) is 19.4 Å². The fraction of sp³-hybridized carbons (Fsp3) is 0.188. The van der Waals surface area contributed by atoms with Crippen molar-refractivity contribution < 1.29 is 9.18 Å². The number of halogens is 2. The number of carbonyl (C=O) groups is 1. The molecule has 110 valence electrons. The number of benzene rings is 2. The summed E-state index contributed by atoms with van der Waals surface area (Å²) in [5.74, 6) is -0.287. The highest BCUT2D eigenvalue weighted by molar-refractivity contribution is 9.10. The minimum Gasteiger partial charge on any atom is -0.381 e. The molecule has 2 rings (SSSR count). The van der Waals surface area contributed by atoms with Gasteiger partial charge in [-0.3, -0.25) is 4.79 Å². The van der Waals surface area contributed by atoms with Crippen LogP contribution in [-0.2, 0) is 6.54 Å². The summed E-state index contributed by atoms with van der Waals surface area (Å²) in [6.07, 6.45) is 0. The minimum absolute atomic E-state index is 0.0421. The maximum atomic E-state index is 13.6. The van der Waals surface area contributed by atoms with Crippen molar-refractivity contribution in [2.24, 2.45) is 0 Å². The lowest BCUT2D eigenvalue weighted by Gasteiger charge is -2.11. The molecule has 2 aromatic rings. The van der Waals surface area contributed by atoms with Gasteiger partial charge in [0.05, 0.1) is 0 Å². The van der Waals surface area contributed by atoms with E-state index in [4.69, 9.17) is 0 Å². The van der Waals surface area contributed by atoms with Crippen LogP contribution in [0, 0.1) is 5.82 Å². The molecule has 0 aliphatic heterocycles. The van der Waals surface area contributed by atoms with Crippen molar-refractivity contribution in [3.05, 3.63) is 63.9 Å². The van der Waals surface area contributed by atoms with E-state index in [1.54, 1.807) is 38.4 Å². The van der Waals surface area contributed by atoms with E-state index in [-0.39, 0.29) is 11.7 Å². The highest BCUT2D eigenvalue weighted by Gasteiger charge is 2.07. The maximum absolute atomic E-state index is 13.6. The third kappa shape index (κ3) is 4.04.